The van der Waals surface area contributed by atoms with Gasteiger partial charge in [0.1, 0.15) is 0 Å². The number of hydrogen-bond acceptors (Lipinski definition) is 3. The summed E-state index contributed by atoms with van der Waals surface area (Å²) in [5, 5.41) is 0.525. The molecule has 30 heavy (non-hydrogen) atoms. The summed E-state index contributed by atoms with van der Waals surface area (Å²) in [6.45, 7) is 3.64. The van der Waals surface area contributed by atoms with E-state index in [-0.39, 0.29) is 23.4 Å². The largest absolute Gasteiger partial charge is 0.337 e. The first kappa shape index (κ1) is 20.0. The first-order chi connectivity index (χ1) is 14.3. The van der Waals surface area contributed by atoms with Crippen LogP contribution in [0.3, 0.4) is 0 Å². The van der Waals surface area contributed by atoms with Gasteiger partial charge in [-0.05, 0) is 37.6 Å². The van der Waals surface area contributed by atoms with Crippen LogP contribution in [-0.4, -0.2) is 18.7 Å². The number of halogens is 3. The minimum Gasteiger partial charge on any atom is -0.320 e. The van der Waals surface area contributed by atoms with Crippen LogP contribution in [0.25, 0.3) is 16.9 Å². The van der Waals surface area contributed by atoms with Crippen molar-refractivity contribution in [3.63, 3.8) is 0 Å². The maximum atomic E-state index is 13.9. The fourth-order valence-corrected chi connectivity index (χ4v) is 3.59. The van der Waals surface area contributed by atoms with Gasteiger partial charge in [-0.25, -0.2) is 23.1 Å². The monoisotopic (exact) mass is 430 g/mol. The van der Waals surface area contributed by atoms with E-state index in [9.17, 15) is 18.4 Å². The summed E-state index contributed by atoms with van der Waals surface area (Å²) in [4.78, 5) is 30.5. The maximum Gasteiger partial charge on any atom is 0.337 e. The van der Waals surface area contributed by atoms with Crippen LogP contribution in [0.15, 0.2) is 58.4 Å². The summed E-state index contributed by atoms with van der Waals surface area (Å²) in [6.07, 6.45) is 1.43. The summed E-state index contributed by atoms with van der Waals surface area (Å²) >= 11 is 6.25. The minimum absolute atomic E-state index is 0.0555. The average Bonchev–Trinajstić information content (AvgIpc) is 3.10. The fourth-order valence-electron chi connectivity index (χ4n) is 3.40. The molecule has 9 heteroatoms. The van der Waals surface area contributed by atoms with Gasteiger partial charge < -0.3 is 4.57 Å². The average molecular weight is 431 g/mol. The first-order valence-electron chi connectivity index (χ1n) is 9.20. The molecule has 0 aliphatic rings. The van der Waals surface area contributed by atoms with Gasteiger partial charge in [-0.1, -0.05) is 29.8 Å². The first-order valence-corrected chi connectivity index (χ1v) is 9.58. The molecule has 154 valence electrons. The van der Waals surface area contributed by atoms with E-state index in [2.05, 4.69) is 4.98 Å². The predicted octanol–water partition coefficient (Wildman–Crippen LogP) is 3.91. The number of fused-ring (bicyclic) bond motifs is 1. The van der Waals surface area contributed by atoms with E-state index in [1.165, 1.54) is 12.4 Å². The highest BCUT2D eigenvalue weighted by atomic mass is 35.5. The van der Waals surface area contributed by atoms with Crippen molar-refractivity contribution in [2.75, 3.05) is 0 Å². The Morgan fingerprint density at radius 2 is 1.80 bits per heavy atom. The van der Waals surface area contributed by atoms with E-state index in [0.717, 1.165) is 26.8 Å². The zero-order valence-electron chi connectivity index (χ0n) is 16.1. The summed E-state index contributed by atoms with van der Waals surface area (Å²) in [5.74, 6) is -2.14. The second-order valence-electron chi connectivity index (χ2n) is 7.12. The molecule has 0 amide bonds. The van der Waals surface area contributed by atoms with E-state index >= 15 is 0 Å². The van der Waals surface area contributed by atoms with Gasteiger partial charge in [0.15, 0.2) is 22.8 Å². The summed E-state index contributed by atoms with van der Waals surface area (Å²) < 4.78 is 31.1. The molecule has 2 heterocycles. The van der Waals surface area contributed by atoms with Crippen LogP contribution in [0.4, 0.5) is 8.78 Å². The molecule has 0 aliphatic heterocycles. The zero-order valence-corrected chi connectivity index (χ0v) is 16.9. The van der Waals surface area contributed by atoms with Crippen molar-refractivity contribution >= 4 is 22.8 Å². The van der Waals surface area contributed by atoms with Crippen LogP contribution < -0.4 is 11.2 Å². The number of imidazole rings is 1. The number of hydrogen-bond donors (Lipinski definition) is 0. The zero-order chi connectivity index (χ0) is 21.6. The molecule has 0 saturated carbocycles. The third-order valence-electron chi connectivity index (χ3n) is 4.83. The Morgan fingerprint density at radius 3 is 2.47 bits per heavy atom. The van der Waals surface area contributed by atoms with Gasteiger partial charge in [-0.15, -0.1) is 0 Å². The fraction of sp³-hybridized carbons (Fsp3) is 0.190. The molecular weight excluding hydrogens is 414 g/mol. The quantitative estimate of drug-likeness (QED) is 0.493. The molecule has 0 aliphatic carbocycles. The van der Waals surface area contributed by atoms with E-state index in [4.69, 9.17) is 11.6 Å². The molecule has 0 N–H and O–H groups in total. The minimum atomic E-state index is -1.11. The van der Waals surface area contributed by atoms with Crippen molar-refractivity contribution in [2.45, 2.75) is 26.4 Å². The lowest BCUT2D eigenvalue weighted by Crippen LogP contribution is -2.41. The lowest BCUT2D eigenvalue weighted by Gasteiger charge is -2.15. The molecule has 0 radical (unpaired) electrons. The smallest absolute Gasteiger partial charge is 0.320 e. The van der Waals surface area contributed by atoms with Crippen LogP contribution in [0.1, 0.15) is 25.5 Å². The summed E-state index contributed by atoms with van der Waals surface area (Å²) in [7, 11) is 0. The van der Waals surface area contributed by atoms with Crippen LogP contribution in [0.5, 0.6) is 0 Å². The van der Waals surface area contributed by atoms with Gasteiger partial charge in [-0.2, -0.15) is 0 Å². The molecule has 4 aromatic rings. The molecule has 0 saturated heterocycles. The molecule has 2 aromatic heterocycles. The number of nitrogens with zero attached hydrogens (tertiary/aromatic N) is 4. The number of benzene rings is 2. The highest BCUT2D eigenvalue weighted by molar-refractivity contribution is 6.31. The lowest BCUT2D eigenvalue weighted by molar-refractivity contribution is 0.506. The van der Waals surface area contributed by atoms with Crippen molar-refractivity contribution < 1.29 is 8.78 Å². The van der Waals surface area contributed by atoms with Gasteiger partial charge >= 0.3 is 5.69 Å². The molecule has 4 rings (SSSR count). The summed E-state index contributed by atoms with van der Waals surface area (Å²) in [6, 6.07) is 9.80. The predicted molar refractivity (Wildman–Crippen MR) is 110 cm³/mol. The topological polar surface area (TPSA) is 61.8 Å². The van der Waals surface area contributed by atoms with Gasteiger partial charge in [0.25, 0.3) is 5.56 Å². The van der Waals surface area contributed by atoms with Crippen LogP contribution in [-0.2, 0) is 6.54 Å². The third kappa shape index (κ3) is 3.23. The van der Waals surface area contributed by atoms with E-state index < -0.39 is 28.9 Å². The molecule has 6 nitrogen and oxygen atoms in total. The Kier molecular flexibility index (Phi) is 5.03. The van der Waals surface area contributed by atoms with Crippen LogP contribution in [0, 0.1) is 11.6 Å². The van der Waals surface area contributed by atoms with Gasteiger partial charge in [-0.3, -0.25) is 9.36 Å². The lowest BCUT2D eigenvalue weighted by atomic mass is 10.2. The van der Waals surface area contributed by atoms with Gasteiger partial charge in [0, 0.05) is 17.1 Å². The highest BCUT2D eigenvalue weighted by Gasteiger charge is 2.21. The molecule has 0 fully saturated rings. The van der Waals surface area contributed by atoms with E-state index in [1.54, 1.807) is 30.5 Å². The molecule has 0 spiro atoms. The second kappa shape index (κ2) is 7.53. The Balaban J connectivity index is 2.04. The van der Waals surface area contributed by atoms with E-state index in [0.29, 0.717) is 5.02 Å². The van der Waals surface area contributed by atoms with Gasteiger partial charge in [0.2, 0.25) is 0 Å². The molecule has 2 aromatic carbocycles. The molecule has 0 bridgehead atoms. The van der Waals surface area contributed by atoms with Crippen molar-refractivity contribution in [2.24, 2.45) is 0 Å². The SMILES string of the molecule is CC(C)n1c(=O)c2c(ncn2Cc2ccccc2Cl)n(-c2ccc(F)c(F)c2)c1=O. The molecular formula is C21H17ClF2N4O2. The highest BCUT2D eigenvalue weighted by Crippen LogP contribution is 2.20. The Bertz CT molecular complexity index is 1390. The summed E-state index contributed by atoms with van der Waals surface area (Å²) in [5.41, 5.74) is -0.154. The van der Waals surface area contributed by atoms with Crippen molar-refractivity contribution in [3.05, 3.63) is 91.9 Å². The molecule has 0 atom stereocenters. The Morgan fingerprint density at radius 1 is 1.07 bits per heavy atom. The van der Waals surface area contributed by atoms with Crippen LogP contribution >= 0.6 is 11.6 Å². The van der Waals surface area contributed by atoms with Gasteiger partial charge in [0.05, 0.1) is 18.6 Å². The normalized spacial score (nSPS) is 11.5. The van der Waals surface area contributed by atoms with Crippen molar-refractivity contribution in [3.8, 4) is 5.69 Å². The second-order valence-corrected chi connectivity index (χ2v) is 7.53. The standard InChI is InChI=1S/C21H17ClF2N4O2/c1-12(2)27-20(29)18-19(25-11-26(18)10-13-5-3-4-6-15(13)22)28(21(27)30)14-7-8-16(23)17(24)9-14/h3-9,11-12H,10H2,1-2H3. The number of rotatable bonds is 4. The van der Waals surface area contributed by atoms with E-state index in [1.807, 2.05) is 12.1 Å². The van der Waals surface area contributed by atoms with Crippen LogP contribution in [0.2, 0.25) is 5.02 Å². The maximum absolute atomic E-state index is 13.9. The number of aromatic nitrogens is 4. The Labute approximate surface area is 174 Å². The third-order valence-corrected chi connectivity index (χ3v) is 5.19. The van der Waals surface area contributed by atoms with Crippen molar-refractivity contribution in [1.29, 1.82) is 0 Å². The van der Waals surface area contributed by atoms with Crippen molar-refractivity contribution in [1.82, 2.24) is 18.7 Å². The molecule has 0 unspecified atom stereocenters. The Hall–Kier alpha value is -3.26.